The van der Waals surface area contributed by atoms with Gasteiger partial charge in [0.1, 0.15) is 5.82 Å². The second kappa shape index (κ2) is 5.91. The van der Waals surface area contributed by atoms with Crippen LogP contribution in [0.3, 0.4) is 0 Å². The third-order valence-corrected chi connectivity index (χ3v) is 5.67. The van der Waals surface area contributed by atoms with Gasteiger partial charge in [0.05, 0.1) is 11.2 Å². The fraction of sp³-hybridized carbons (Fsp3) is 0.632. The summed E-state index contributed by atoms with van der Waals surface area (Å²) in [5, 5.41) is 10.0. The highest BCUT2D eigenvalue weighted by atomic mass is 16.3. The first-order chi connectivity index (χ1) is 11.2. The maximum Gasteiger partial charge on any atom is 0.110 e. The van der Waals surface area contributed by atoms with Crippen molar-refractivity contribution < 1.29 is 5.11 Å². The first-order valence-corrected chi connectivity index (χ1v) is 8.95. The van der Waals surface area contributed by atoms with Crippen molar-refractivity contribution in [1.82, 2.24) is 14.3 Å². The molecule has 1 saturated carbocycles. The summed E-state index contributed by atoms with van der Waals surface area (Å²) in [7, 11) is 0. The number of aliphatic hydroxyl groups is 1. The fourth-order valence-electron chi connectivity index (χ4n) is 4.33. The molecule has 1 unspecified atom stereocenters. The van der Waals surface area contributed by atoms with Gasteiger partial charge in [0.2, 0.25) is 0 Å². The lowest BCUT2D eigenvalue weighted by Crippen LogP contribution is -2.45. The highest BCUT2D eigenvalue weighted by molar-refractivity contribution is 5.53. The number of rotatable bonds is 5. The molecular weight excluding hydrogens is 286 g/mol. The van der Waals surface area contributed by atoms with Gasteiger partial charge in [-0.15, -0.1) is 0 Å². The molecule has 1 saturated heterocycles. The van der Waals surface area contributed by atoms with Crippen molar-refractivity contribution in [3.05, 3.63) is 35.9 Å². The van der Waals surface area contributed by atoms with Crippen molar-refractivity contribution in [2.45, 2.75) is 45.6 Å². The first-order valence-electron chi connectivity index (χ1n) is 8.95. The summed E-state index contributed by atoms with van der Waals surface area (Å²) in [4.78, 5) is 7.30. The monoisotopic (exact) mass is 313 g/mol. The summed E-state index contributed by atoms with van der Waals surface area (Å²) in [6.07, 6.45) is 8.40. The van der Waals surface area contributed by atoms with Gasteiger partial charge in [0.15, 0.2) is 0 Å². The minimum atomic E-state index is 0.129. The Bertz CT molecular complexity index is 691. The number of hydrogen-bond acceptors (Lipinski definition) is 3. The van der Waals surface area contributed by atoms with E-state index < -0.39 is 0 Å². The lowest BCUT2D eigenvalue weighted by atomic mass is 9.76. The maximum absolute atomic E-state index is 10.0. The molecule has 4 nitrogen and oxygen atoms in total. The van der Waals surface area contributed by atoms with E-state index >= 15 is 0 Å². The van der Waals surface area contributed by atoms with Crippen molar-refractivity contribution in [1.29, 1.82) is 0 Å². The molecular formula is C19H27N3O. The van der Waals surface area contributed by atoms with Crippen LogP contribution in [0.1, 0.15) is 43.6 Å². The minimum Gasteiger partial charge on any atom is -0.396 e. The highest BCUT2D eigenvalue weighted by Gasteiger charge is 2.39. The third-order valence-electron chi connectivity index (χ3n) is 5.67. The number of aromatic nitrogens is 2. The Kier molecular flexibility index (Phi) is 3.90. The molecule has 2 aliphatic rings. The molecule has 2 aromatic rings. The Labute approximate surface area is 138 Å². The number of pyridine rings is 1. The lowest BCUT2D eigenvalue weighted by Gasteiger charge is -2.42. The van der Waals surface area contributed by atoms with Crippen LogP contribution in [0, 0.1) is 18.3 Å². The standard InChI is InChI=1S/C19H27N3O/c1-15-20-17(18-5-2-3-10-22(15)18)12-21-9-4-8-19(13-21,14-23)11-16-6-7-16/h2-3,5,10,16,23H,4,6-9,11-14H2,1H3. The van der Waals surface area contributed by atoms with Crippen LogP contribution in [0.4, 0.5) is 0 Å². The summed E-state index contributed by atoms with van der Waals surface area (Å²) in [6, 6.07) is 6.29. The zero-order chi connectivity index (χ0) is 15.9. The topological polar surface area (TPSA) is 40.8 Å². The Balaban J connectivity index is 1.53. The van der Waals surface area contributed by atoms with Gasteiger partial charge in [-0.25, -0.2) is 4.98 Å². The molecule has 1 aliphatic heterocycles. The van der Waals surface area contributed by atoms with Crippen molar-refractivity contribution in [2.75, 3.05) is 19.7 Å². The molecule has 3 heterocycles. The van der Waals surface area contributed by atoms with Gasteiger partial charge in [-0.3, -0.25) is 4.90 Å². The van der Waals surface area contributed by atoms with Crippen LogP contribution in [0.25, 0.3) is 5.52 Å². The zero-order valence-electron chi connectivity index (χ0n) is 14.0. The number of hydrogen-bond donors (Lipinski definition) is 1. The van der Waals surface area contributed by atoms with Gasteiger partial charge in [0, 0.05) is 31.3 Å². The molecule has 1 atom stereocenters. The van der Waals surface area contributed by atoms with Crippen LogP contribution in [0.5, 0.6) is 0 Å². The van der Waals surface area contributed by atoms with Crippen LogP contribution in [0.2, 0.25) is 0 Å². The fourth-order valence-corrected chi connectivity index (χ4v) is 4.33. The molecule has 1 aliphatic carbocycles. The smallest absolute Gasteiger partial charge is 0.110 e. The second-order valence-corrected chi connectivity index (χ2v) is 7.68. The molecule has 1 N–H and O–H groups in total. The normalized spacial score (nSPS) is 26.0. The lowest BCUT2D eigenvalue weighted by molar-refractivity contribution is 0.0177. The summed E-state index contributed by atoms with van der Waals surface area (Å²) in [5.74, 6) is 1.93. The SMILES string of the molecule is Cc1nc(CN2CCCC(CO)(CC3CC3)C2)c2ccccn12. The van der Waals surface area contributed by atoms with Gasteiger partial charge < -0.3 is 9.51 Å². The number of piperidine rings is 1. The number of nitrogens with zero attached hydrogens (tertiary/aromatic N) is 3. The van der Waals surface area contributed by atoms with Crippen LogP contribution < -0.4 is 0 Å². The van der Waals surface area contributed by atoms with Gasteiger partial charge in [-0.2, -0.15) is 0 Å². The second-order valence-electron chi connectivity index (χ2n) is 7.68. The summed E-state index contributed by atoms with van der Waals surface area (Å²) >= 11 is 0. The van der Waals surface area contributed by atoms with Crippen molar-refractivity contribution >= 4 is 5.52 Å². The minimum absolute atomic E-state index is 0.129. The molecule has 0 aromatic carbocycles. The predicted octanol–water partition coefficient (Wildman–Crippen LogP) is 3.02. The van der Waals surface area contributed by atoms with Crippen LogP contribution in [-0.4, -0.2) is 39.1 Å². The molecule has 0 spiro atoms. The van der Waals surface area contributed by atoms with E-state index in [1.165, 1.54) is 43.3 Å². The van der Waals surface area contributed by atoms with Crippen molar-refractivity contribution in [3.63, 3.8) is 0 Å². The molecule has 2 fully saturated rings. The van der Waals surface area contributed by atoms with E-state index in [0.717, 1.165) is 31.4 Å². The zero-order valence-corrected chi connectivity index (χ0v) is 14.0. The van der Waals surface area contributed by atoms with Gasteiger partial charge >= 0.3 is 0 Å². The highest BCUT2D eigenvalue weighted by Crippen LogP contribution is 2.44. The van der Waals surface area contributed by atoms with E-state index in [1.54, 1.807) is 0 Å². The van der Waals surface area contributed by atoms with E-state index in [-0.39, 0.29) is 5.41 Å². The van der Waals surface area contributed by atoms with E-state index in [4.69, 9.17) is 4.98 Å². The Morgan fingerprint density at radius 1 is 1.35 bits per heavy atom. The van der Waals surface area contributed by atoms with Crippen LogP contribution in [-0.2, 0) is 6.54 Å². The molecule has 0 bridgehead atoms. The Morgan fingerprint density at radius 3 is 3.00 bits per heavy atom. The molecule has 4 heteroatoms. The van der Waals surface area contributed by atoms with E-state index in [0.29, 0.717) is 6.61 Å². The van der Waals surface area contributed by atoms with E-state index in [1.807, 2.05) is 0 Å². The van der Waals surface area contributed by atoms with Gasteiger partial charge in [0.25, 0.3) is 0 Å². The van der Waals surface area contributed by atoms with Crippen LogP contribution >= 0.6 is 0 Å². The molecule has 4 rings (SSSR count). The van der Waals surface area contributed by atoms with E-state index in [9.17, 15) is 5.11 Å². The maximum atomic E-state index is 10.0. The Morgan fingerprint density at radius 2 is 2.22 bits per heavy atom. The van der Waals surface area contributed by atoms with E-state index in [2.05, 4.69) is 40.6 Å². The van der Waals surface area contributed by atoms with Crippen molar-refractivity contribution in [2.24, 2.45) is 11.3 Å². The third kappa shape index (κ3) is 3.02. The molecule has 23 heavy (non-hydrogen) atoms. The number of imidazole rings is 1. The van der Waals surface area contributed by atoms with Gasteiger partial charge in [-0.1, -0.05) is 18.9 Å². The Hall–Kier alpha value is -1.39. The average Bonchev–Trinajstić information content (AvgIpc) is 3.32. The summed E-state index contributed by atoms with van der Waals surface area (Å²) in [6.45, 7) is 5.44. The average molecular weight is 313 g/mol. The molecule has 0 radical (unpaired) electrons. The molecule has 124 valence electrons. The predicted molar refractivity (Wildman–Crippen MR) is 91.3 cm³/mol. The number of likely N-dealkylation sites (tertiary alicyclic amines) is 1. The molecule has 2 aromatic heterocycles. The molecule has 0 amide bonds. The largest absolute Gasteiger partial charge is 0.396 e. The number of aryl methyl sites for hydroxylation is 1. The van der Waals surface area contributed by atoms with Crippen LogP contribution in [0.15, 0.2) is 24.4 Å². The quantitative estimate of drug-likeness (QED) is 0.922. The summed E-state index contributed by atoms with van der Waals surface area (Å²) in [5.41, 5.74) is 2.51. The number of fused-ring (bicyclic) bond motifs is 1. The van der Waals surface area contributed by atoms with Gasteiger partial charge in [-0.05, 0) is 50.8 Å². The summed E-state index contributed by atoms with van der Waals surface area (Å²) < 4.78 is 2.17. The number of aliphatic hydroxyl groups excluding tert-OH is 1. The first kappa shape index (κ1) is 15.2. The van der Waals surface area contributed by atoms with Crippen molar-refractivity contribution in [3.8, 4) is 0 Å².